The van der Waals surface area contributed by atoms with Crippen molar-refractivity contribution in [3.8, 4) is 0 Å². The zero-order valence-electron chi connectivity index (χ0n) is 13.7. The van der Waals surface area contributed by atoms with Gasteiger partial charge in [0.2, 0.25) is 0 Å². The molecule has 7 nitrogen and oxygen atoms in total. The van der Waals surface area contributed by atoms with Crippen molar-refractivity contribution < 1.29 is 19.1 Å². The highest BCUT2D eigenvalue weighted by Crippen LogP contribution is 2.12. The van der Waals surface area contributed by atoms with E-state index in [9.17, 15) is 14.4 Å². The molecule has 0 heterocycles. The smallest absolute Gasteiger partial charge is 0.338 e. The molecule has 25 heavy (non-hydrogen) atoms. The SMILES string of the molecule is CC(NC(=O)COC(=O)c1ccc(NC(N)=O)cc1)c1ccccc1. The summed E-state index contributed by atoms with van der Waals surface area (Å²) in [6, 6.07) is 14.5. The van der Waals surface area contributed by atoms with E-state index in [2.05, 4.69) is 10.6 Å². The average molecular weight is 341 g/mol. The van der Waals surface area contributed by atoms with E-state index in [0.717, 1.165) is 5.56 Å². The van der Waals surface area contributed by atoms with E-state index < -0.39 is 17.9 Å². The van der Waals surface area contributed by atoms with Gasteiger partial charge in [0.1, 0.15) is 0 Å². The van der Waals surface area contributed by atoms with Crippen molar-refractivity contribution in [1.82, 2.24) is 5.32 Å². The van der Waals surface area contributed by atoms with Gasteiger partial charge in [-0.15, -0.1) is 0 Å². The molecule has 0 saturated heterocycles. The minimum atomic E-state index is -0.695. The molecule has 0 spiro atoms. The number of nitrogens with one attached hydrogen (secondary N) is 2. The summed E-state index contributed by atoms with van der Waals surface area (Å²) in [4.78, 5) is 34.5. The Labute approximate surface area is 145 Å². The average Bonchev–Trinajstić information content (AvgIpc) is 2.60. The lowest BCUT2D eigenvalue weighted by Gasteiger charge is -2.14. The monoisotopic (exact) mass is 341 g/mol. The molecule has 0 aliphatic heterocycles. The predicted molar refractivity (Wildman–Crippen MR) is 92.9 cm³/mol. The summed E-state index contributed by atoms with van der Waals surface area (Å²) >= 11 is 0. The normalized spacial score (nSPS) is 11.2. The van der Waals surface area contributed by atoms with Gasteiger partial charge < -0.3 is 21.1 Å². The Morgan fingerprint density at radius 2 is 1.68 bits per heavy atom. The van der Waals surface area contributed by atoms with Crippen LogP contribution in [0.2, 0.25) is 0 Å². The Balaban J connectivity index is 1.82. The summed E-state index contributed by atoms with van der Waals surface area (Å²) in [6.07, 6.45) is 0. The third-order valence-corrected chi connectivity index (χ3v) is 3.40. The fraction of sp³-hybridized carbons (Fsp3) is 0.167. The van der Waals surface area contributed by atoms with Gasteiger partial charge in [-0.2, -0.15) is 0 Å². The number of esters is 1. The number of hydrogen-bond donors (Lipinski definition) is 3. The number of benzene rings is 2. The van der Waals surface area contributed by atoms with Crippen LogP contribution in [0.15, 0.2) is 54.6 Å². The number of rotatable bonds is 6. The van der Waals surface area contributed by atoms with Crippen molar-refractivity contribution in [2.24, 2.45) is 5.73 Å². The standard InChI is InChI=1S/C18H19N3O4/c1-12(13-5-3-2-4-6-13)20-16(22)11-25-17(23)14-7-9-15(10-8-14)21-18(19)24/h2-10,12H,11H2,1H3,(H,20,22)(H3,19,21,24). The maximum atomic E-state index is 11.9. The van der Waals surface area contributed by atoms with Crippen molar-refractivity contribution in [2.75, 3.05) is 11.9 Å². The first-order valence-electron chi connectivity index (χ1n) is 7.63. The molecule has 0 saturated carbocycles. The Morgan fingerprint density at radius 3 is 2.28 bits per heavy atom. The maximum absolute atomic E-state index is 11.9. The second kappa shape index (κ2) is 8.49. The van der Waals surface area contributed by atoms with Crippen molar-refractivity contribution in [3.63, 3.8) is 0 Å². The van der Waals surface area contributed by atoms with Crippen LogP contribution < -0.4 is 16.4 Å². The number of primary amides is 1. The van der Waals surface area contributed by atoms with E-state index in [-0.39, 0.29) is 18.2 Å². The summed E-state index contributed by atoms with van der Waals surface area (Å²) in [5.41, 5.74) is 6.68. The minimum absolute atomic E-state index is 0.188. The molecule has 1 unspecified atom stereocenters. The van der Waals surface area contributed by atoms with Crippen LogP contribution in [0.25, 0.3) is 0 Å². The van der Waals surface area contributed by atoms with Crippen molar-refractivity contribution in [3.05, 3.63) is 65.7 Å². The number of carbonyl (C=O) groups excluding carboxylic acids is 3. The first-order chi connectivity index (χ1) is 12.0. The third kappa shape index (κ3) is 5.65. The molecule has 0 radical (unpaired) electrons. The van der Waals surface area contributed by atoms with Gasteiger partial charge in [0.15, 0.2) is 6.61 Å². The topological polar surface area (TPSA) is 111 Å². The summed E-state index contributed by atoms with van der Waals surface area (Å²) in [7, 11) is 0. The van der Waals surface area contributed by atoms with E-state index in [1.165, 1.54) is 24.3 Å². The van der Waals surface area contributed by atoms with Gasteiger partial charge >= 0.3 is 12.0 Å². The number of hydrogen-bond acceptors (Lipinski definition) is 4. The van der Waals surface area contributed by atoms with Gasteiger partial charge in [0.25, 0.3) is 5.91 Å². The molecule has 0 aliphatic rings. The minimum Gasteiger partial charge on any atom is -0.452 e. The lowest BCUT2D eigenvalue weighted by atomic mass is 10.1. The van der Waals surface area contributed by atoms with Gasteiger partial charge in [0, 0.05) is 5.69 Å². The molecule has 7 heteroatoms. The van der Waals surface area contributed by atoms with E-state index in [4.69, 9.17) is 10.5 Å². The van der Waals surface area contributed by atoms with E-state index in [0.29, 0.717) is 5.69 Å². The summed E-state index contributed by atoms with van der Waals surface area (Å²) < 4.78 is 4.98. The molecule has 0 aliphatic carbocycles. The lowest BCUT2D eigenvalue weighted by molar-refractivity contribution is -0.124. The highest BCUT2D eigenvalue weighted by atomic mass is 16.5. The van der Waals surface area contributed by atoms with Crippen molar-refractivity contribution in [1.29, 1.82) is 0 Å². The van der Waals surface area contributed by atoms with E-state index in [1.807, 2.05) is 37.3 Å². The molecule has 0 fully saturated rings. The second-order valence-electron chi connectivity index (χ2n) is 5.34. The molecule has 2 aromatic carbocycles. The van der Waals surface area contributed by atoms with E-state index in [1.54, 1.807) is 0 Å². The zero-order valence-corrected chi connectivity index (χ0v) is 13.7. The Kier molecular flexibility index (Phi) is 6.11. The van der Waals surface area contributed by atoms with Crippen LogP contribution in [0, 0.1) is 0 Å². The fourth-order valence-electron chi connectivity index (χ4n) is 2.15. The van der Waals surface area contributed by atoms with Gasteiger partial charge in [-0.25, -0.2) is 9.59 Å². The first-order valence-corrected chi connectivity index (χ1v) is 7.63. The van der Waals surface area contributed by atoms with Crippen molar-refractivity contribution in [2.45, 2.75) is 13.0 Å². The van der Waals surface area contributed by atoms with Crippen LogP contribution in [0.5, 0.6) is 0 Å². The second-order valence-corrected chi connectivity index (χ2v) is 5.34. The zero-order chi connectivity index (χ0) is 18.2. The Hall–Kier alpha value is -3.35. The molecule has 2 aromatic rings. The van der Waals surface area contributed by atoms with Crippen LogP contribution in [0.3, 0.4) is 0 Å². The molecular formula is C18H19N3O4. The fourth-order valence-corrected chi connectivity index (χ4v) is 2.15. The summed E-state index contributed by atoms with van der Waals surface area (Å²) in [6.45, 7) is 1.47. The molecule has 0 bridgehead atoms. The van der Waals surface area contributed by atoms with Gasteiger partial charge in [-0.1, -0.05) is 30.3 Å². The highest BCUT2D eigenvalue weighted by molar-refractivity contribution is 5.93. The highest BCUT2D eigenvalue weighted by Gasteiger charge is 2.13. The summed E-state index contributed by atoms with van der Waals surface area (Å²) in [5, 5.41) is 5.14. The first kappa shape index (κ1) is 18.0. The number of carbonyl (C=O) groups is 3. The number of nitrogens with two attached hydrogens (primary N) is 1. The van der Waals surface area contributed by atoms with Crippen LogP contribution in [0.1, 0.15) is 28.9 Å². The van der Waals surface area contributed by atoms with Gasteiger partial charge in [-0.05, 0) is 36.8 Å². The van der Waals surface area contributed by atoms with Crippen LogP contribution in [0.4, 0.5) is 10.5 Å². The largest absolute Gasteiger partial charge is 0.452 e. The number of amides is 3. The molecule has 2 rings (SSSR count). The van der Waals surface area contributed by atoms with Crippen LogP contribution in [-0.4, -0.2) is 24.5 Å². The lowest BCUT2D eigenvalue weighted by Crippen LogP contribution is -2.31. The molecular weight excluding hydrogens is 322 g/mol. The number of urea groups is 1. The number of anilines is 1. The van der Waals surface area contributed by atoms with Crippen LogP contribution in [-0.2, 0) is 9.53 Å². The maximum Gasteiger partial charge on any atom is 0.338 e. The molecule has 0 aromatic heterocycles. The molecule has 4 N–H and O–H groups in total. The van der Waals surface area contributed by atoms with Crippen molar-refractivity contribution >= 4 is 23.6 Å². The summed E-state index contributed by atoms with van der Waals surface area (Å²) in [5.74, 6) is -1.02. The molecule has 1 atom stereocenters. The number of ether oxygens (including phenoxy) is 1. The molecule has 130 valence electrons. The Morgan fingerprint density at radius 1 is 1.04 bits per heavy atom. The predicted octanol–water partition coefficient (Wildman–Crippen LogP) is 2.21. The van der Waals surface area contributed by atoms with Gasteiger partial charge in [0.05, 0.1) is 11.6 Å². The van der Waals surface area contributed by atoms with Crippen LogP contribution >= 0.6 is 0 Å². The Bertz CT molecular complexity index is 745. The van der Waals surface area contributed by atoms with Gasteiger partial charge in [-0.3, -0.25) is 4.79 Å². The molecule has 3 amide bonds. The van der Waals surface area contributed by atoms with E-state index >= 15 is 0 Å². The third-order valence-electron chi connectivity index (χ3n) is 3.40. The quantitative estimate of drug-likeness (QED) is 0.700.